The molecule has 2 amide bonds. The van der Waals surface area contributed by atoms with Crippen LogP contribution in [0.15, 0.2) is 53.0 Å². The molecule has 2 aromatic rings. The molecule has 1 N–H and O–H groups in total. The smallest absolute Gasteiger partial charge is 0.239 e. The highest BCUT2D eigenvalue weighted by Crippen LogP contribution is 2.28. The molecule has 1 unspecified atom stereocenters. The van der Waals surface area contributed by atoms with Gasteiger partial charge in [0, 0.05) is 22.4 Å². The zero-order valence-electron chi connectivity index (χ0n) is 12.8. The van der Waals surface area contributed by atoms with Crippen molar-refractivity contribution in [1.29, 1.82) is 0 Å². The molecule has 4 nitrogen and oxygen atoms in total. The van der Waals surface area contributed by atoms with Gasteiger partial charge in [0.25, 0.3) is 0 Å². The lowest BCUT2D eigenvalue weighted by atomic mass is 10.1. The van der Waals surface area contributed by atoms with Crippen molar-refractivity contribution in [2.24, 2.45) is 5.92 Å². The van der Waals surface area contributed by atoms with Gasteiger partial charge in [-0.15, -0.1) is 0 Å². The van der Waals surface area contributed by atoms with E-state index in [1.54, 1.807) is 4.90 Å². The summed E-state index contributed by atoms with van der Waals surface area (Å²) in [7, 11) is 0. The van der Waals surface area contributed by atoms with E-state index < -0.39 is 5.92 Å². The minimum Gasteiger partial charge on any atom is -0.325 e. The molecule has 0 saturated carbocycles. The summed E-state index contributed by atoms with van der Waals surface area (Å²) in [6.07, 6.45) is 0.531. The summed E-state index contributed by atoms with van der Waals surface area (Å²) in [5.41, 5.74) is 2.61. The third-order valence-electron chi connectivity index (χ3n) is 3.93. The number of nitrogens with one attached hydrogen (secondary N) is 1. The van der Waals surface area contributed by atoms with Crippen LogP contribution in [0.5, 0.6) is 0 Å². The van der Waals surface area contributed by atoms with Crippen molar-refractivity contribution in [3.8, 4) is 0 Å². The summed E-state index contributed by atoms with van der Waals surface area (Å²) < 4.78 is 0.912. The molecular formula is C18H17BrN2O2. The largest absolute Gasteiger partial charge is 0.325 e. The average molecular weight is 373 g/mol. The van der Waals surface area contributed by atoms with Gasteiger partial charge >= 0.3 is 0 Å². The van der Waals surface area contributed by atoms with E-state index in [1.165, 1.54) is 0 Å². The Labute approximate surface area is 143 Å². The number of hydrogen-bond donors (Lipinski definition) is 1. The van der Waals surface area contributed by atoms with Gasteiger partial charge in [-0.25, -0.2) is 0 Å². The van der Waals surface area contributed by atoms with Crippen LogP contribution in [0.1, 0.15) is 12.0 Å². The van der Waals surface area contributed by atoms with E-state index in [-0.39, 0.29) is 11.8 Å². The van der Waals surface area contributed by atoms with Gasteiger partial charge in [0.2, 0.25) is 11.8 Å². The first-order chi connectivity index (χ1) is 11.0. The van der Waals surface area contributed by atoms with Crippen LogP contribution < -0.4 is 10.2 Å². The van der Waals surface area contributed by atoms with Crippen LogP contribution in [0.4, 0.5) is 11.4 Å². The SMILES string of the molecule is Cc1cccc(NC(=O)C2CCN(c3cccc(Br)c3)C2=O)c1. The Hall–Kier alpha value is -2.14. The van der Waals surface area contributed by atoms with Gasteiger partial charge in [-0.3, -0.25) is 9.59 Å². The molecule has 3 rings (SSSR count). The van der Waals surface area contributed by atoms with Crippen molar-refractivity contribution in [3.05, 3.63) is 58.6 Å². The molecule has 1 heterocycles. The lowest BCUT2D eigenvalue weighted by molar-refractivity contribution is -0.129. The first-order valence-electron chi connectivity index (χ1n) is 7.49. The molecule has 1 aliphatic heterocycles. The Morgan fingerprint density at radius 3 is 2.74 bits per heavy atom. The van der Waals surface area contributed by atoms with E-state index in [0.717, 1.165) is 21.4 Å². The van der Waals surface area contributed by atoms with E-state index in [9.17, 15) is 9.59 Å². The maximum atomic E-state index is 12.6. The predicted octanol–water partition coefficient (Wildman–Crippen LogP) is 3.75. The Balaban J connectivity index is 1.72. The van der Waals surface area contributed by atoms with Gasteiger partial charge in [-0.2, -0.15) is 0 Å². The number of carbonyl (C=O) groups is 2. The molecule has 1 aliphatic rings. The van der Waals surface area contributed by atoms with Gasteiger partial charge in [-0.1, -0.05) is 34.1 Å². The highest BCUT2D eigenvalue weighted by atomic mass is 79.9. The van der Waals surface area contributed by atoms with Crippen molar-refractivity contribution >= 4 is 39.1 Å². The lowest BCUT2D eigenvalue weighted by Crippen LogP contribution is -2.33. The summed E-state index contributed by atoms with van der Waals surface area (Å²) in [6.45, 7) is 2.52. The van der Waals surface area contributed by atoms with E-state index in [2.05, 4.69) is 21.2 Å². The molecule has 0 aromatic heterocycles. The molecule has 2 aromatic carbocycles. The van der Waals surface area contributed by atoms with E-state index >= 15 is 0 Å². The summed E-state index contributed by atoms with van der Waals surface area (Å²) >= 11 is 3.41. The first-order valence-corrected chi connectivity index (χ1v) is 8.28. The summed E-state index contributed by atoms with van der Waals surface area (Å²) in [5.74, 6) is -1.01. The average Bonchev–Trinajstić information content (AvgIpc) is 2.89. The Bertz CT molecular complexity index is 760. The molecule has 118 valence electrons. The minimum absolute atomic E-state index is 0.145. The van der Waals surface area contributed by atoms with Crippen LogP contribution in [0.25, 0.3) is 0 Å². The molecule has 0 radical (unpaired) electrons. The Kier molecular flexibility index (Phi) is 4.48. The second kappa shape index (κ2) is 6.54. The van der Waals surface area contributed by atoms with Crippen molar-refractivity contribution in [3.63, 3.8) is 0 Å². The fourth-order valence-corrected chi connectivity index (χ4v) is 3.16. The van der Waals surface area contributed by atoms with Crippen LogP contribution in [0.2, 0.25) is 0 Å². The number of nitrogens with zero attached hydrogens (tertiary/aromatic N) is 1. The van der Waals surface area contributed by atoms with Crippen LogP contribution in [-0.2, 0) is 9.59 Å². The van der Waals surface area contributed by atoms with Crippen molar-refractivity contribution in [2.75, 3.05) is 16.8 Å². The summed E-state index contributed by atoms with van der Waals surface area (Å²) in [5, 5.41) is 2.84. The highest BCUT2D eigenvalue weighted by Gasteiger charge is 2.37. The quantitative estimate of drug-likeness (QED) is 0.834. The number of halogens is 1. The highest BCUT2D eigenvalue weighted by molar-refractivity contribution is 9.10. The van der Waals surface area contributed by atoms with Crippen molar-refractivity contribution in [1.82, 2.24) is 0 Å². The molecule has 23 heavy (non-hydrogen) atoms. The normalized spacial score (nSPS) is 17.4. The van der Waals surface area contributed by atoms with Gasteiger partial charge in [0.05, 0.1) is 0 Å². The molecule has 0 aliphatic carbocycles. The first kappa shape index (κ1) is 15.7. The van der Waals surface area contributed by atoms with Crippen LogP contribution in [-0.4, -0.2) is 18.4 Å². The molecular weight excluding hydrogens is 356 g/mol. The predicted molar refractivity (Wildman–Crippen MR) is 94.4 cm³/mol. The molecule has 1 atom stereocenters. The van der Waals surface area contributed by atoms with Crippen LogP contribution >= 0.6 is 15.9 Å². The van der Waals surface area contributed by atoms with E-state index in [0.29, 0.717) is 13.0 Å². The van der Waals surface area contributed by atoms with Gasteiger partial charge in [-0.05, 0) is 49.2 Å². The number of aryl methyl sites for hydroxylation is 1. The maximum Gasteiger partial charge on any atom is 0.239 e. The molecule has 0 spiro atoms. The monoisotopic (exact) mass is 372 g/mol. The zero-order chi connectivity index (χ0) is 16.4. The number of anilines is 2. The number of amides is 2. The standard InChI is InChI=1S/C18H17BrN2O2/c1-12-4-2-6-14(10-12)20-17(22)16-8-9-21(18(16)23)15-7-3-5-13(19)11-15/h2-7,10-11,16H,8-9H2,1H3,(H,20,22). The number of carbonyl (C=O) groups excluding carboxylic acids is 2. The van der Waals surface area contributed by atoms with Gasteiger partial charge in [0.1, 0.15) is 5.92 Å². The Morgan fingerprint density at radius 2 is 2.00 bits per heavy atom. The van der Waals surface area contributed by atoms with Gasteiger partial charge < -0.3 is 10.2 Å². The third kappa shape index (κ3) is 3.45. The zero-order valence-corrected chi connectivity index (χ0v) is 14.3. The molecule has 1 fully saturated rings. The van der Waals surface area contributed by atoms with E-state index in [1.807, 2.05) is 55.5 Å². The Morgan fingerprint density at radius 1 is 1.22 bits per heavy atom. The number of hydrogen-bond acceptors (Lipinski definition) is 2. The van der Waals surface area contributed by atoms with E-state index in [4.69, 9.17) is 0 Å². The summed E-state index contributed by atoms with van der Waals surface area (Å²) in [4.78, 5) is 26.6. The van der Waals surface area contributed by atoms with Crippen molar-refractivity contribution in [2.45, 2.75) is 13.3 Å². The second-order valence-electron chi connectivity index (χ2n) is 5.67. The van der Waals surface area contributed by atoms with Crippen LogP contribution in [0.3, 0.4) is 0 Å². The minimum atomic E-state index is -0.630. The van der Waals surface area contributed by atoms with Crippen molar-refractivity contribution < 1.29 is 9.59 Å². The third-order valence-corrected chi connectivity index (χ3v) is 4.42. The molecule has 5 heteroatoms. The lowest BCUT2D eigenvalue weighted by Gasteiger charge is -2.17. The number of rotatable bonds is 3. The second-order valence-corrected chi connectivity index (χ2v) is 6.59. The fourth-order valence-electron chi connectivity index (χ4n) is 2.78. The topological polar surface area (TPSA) is 49.4 Å². The molecule has 0 bridgehead atoms. The summed E-state index contributed by atoms with van der Waals surface area (Å²) in [6, 6.07) is 15.1. The number of benzene rings is 2. The maximum absolute atomic E-state index is 12.6. The fraction of sp³-hybridized carbons (Fsp3) is 0.222. The van der Waals surface area contributed by atoms with Crippen LogP contribution in [0, 0.1) is 12.8 Å². The molecule has 1 saturated heterocycles. The van der Waals surface area contributed by atoms with Gasteiger partial charge in [0.15, 0.2) is 0 Å².